The number of halogens is 2. The molecule has 0 saturated carbocycles. The van der Waals surface area contributed by atoms with Crippen LogP contribution in [-0.4, -0.2) is 32.6 Å². The average molecular weight is 427 g/mol. The molecule has 2 rings (SSSR count). The number of nitrogens with one attached hydrogen (secondary N) is 2. The number of hydrogen-bond donors (Lipinski definition) is 2. The van der Waals surface area contributed by atoms with Gasteiger partial charge >= 0.3 is 0 Å². The van der Waals surface area contributed by atoms with Gasteiger partial charge in [0.15, 0.2) is 11.5 Å². The lowest BCUT2D eigenvalue weighted by molar-refractivity contribution is -0.122. The lowest BCUT2D eigenvalue weighted by atomic mass is 10.2. The summed E-state index contributed by atoms with van der Waals surface area (Å²) in [5.74, 6) is 0.592. The van der Waals surface area contributed by atoms with Crippen molar-refractivity contribution in [2.45, 2.75) is 12.8 Å². The fourth-order valence-corrected chi connectivity index (χ4v) is 2.71. The molecule has 0 heterocycles. The Morgan fingerprint density at radius 3 is 2.32 bits per heavy atom. The summed E-state index contributed by atoms with van der Waals surface area (Å²) < 4.78 is 15.8. The first-order chi connectivity index (χ1) is 13.4. The SMILES string of the molecule is COc1ccc(C(=O)NNC(=O)CCCOc2ccc(Cl)cc2Cl)cc1OC. The molecule has 150 valence electrons. The first-order valence-electron chi connectivity index (χ1n) is 8.33. The van der Waals surface area contributed by atoms with Crippen LogP contribution in [0.15, 0.2) is 36.4 Å². The minimum Gasteiger partial charge on any atom is -0.493 e. The summed E-state index contributed by atoms with van der Waals surface area (Å²) >= 11 is 11.8. The van der Waals surface area contributed by atoms with E-state index in [2.05, 4.69) is 10.9 Å². The second-order valence-electron chi connectivity index (χ2n) is 5.60. The zero-order chi connectivity index (χ0) is 20.5. The predicted molar refractivity (Wildman–Crippen MR) is 106 cm³/mol. The van der Waals surface area contributed by atoms with Gasteiger partial charge in [0, 0.05) is 17.0 Å². The van der Waals surface area contributed by atoms with Gasteiger partial charge in [-0.3, -0.25) is 20.4 Å². The minimum absolute atomic E-state index is 0.164. The van der Waals surface area contributed by atoms with Crippen molar-refractivity contribution in [3.63, 3.8) is 0 Å². The molecule has 0 aliphatic carbocycles. The number of hydrazine groups is 1. The number of carbonyl (C=O) groups excluding carboxylic acids is 2. The van der Waals surface area contributed by atoms with Gasteiger partial charge < -0.3 is 14.2 Å². The summed E-state index contributed by atoms with van der Waals surface area (Å²) in [6, 6.07) is 9.59. The molecule has 2 aromatic carbocycles. The third-order valence-corrected chi connectivity index (χ3v) is 4.19. The number of hydrogen-bond acceptors (Lipinski definition) is 5. The van der Waals surface area contributed by atoms with E-state index in [1.165, 1.54) is 20.3 Å². The smallest absolute Gasteiger partial charge is 0.269 e. The molecule has 2 aromatic rings. The second-order valence-corrected chi connectivity index (χ2v) is 6.44. The van der Waals surface area contributed by atoms with E-state index in [4.69, 9.17) is 37.4 Å². The summed E-state index contributed by atoms with van der Waals surface area (Å²) in [5, 5.41) is 0.918. The van der Waals surface area contributed by atoms with Gasteiger partial charge in [-0.25, -0.2) is 0 Å². The van der Waals surface area contributed by atoms with Crippen molar-refractivity contribution in [1.82, 2.24) is 10.9 Å². The Balaban J connectivity index is 1.74. The Morgan fingerprint density at radius 2 is 1.64 bits per heavy atom. The molecule has 0 unspecified atom stereocenters. The highest BCUT2D eigenvalue weighted by Crippen LogP contribution is 2.28. The van der Waals surface area contributed by atoms with E-state index in [9.17, 15) is 9.59 Å². The number of rotatable bonds is 8. The van der Waals surface area contributed by atoms with E-state index in [0.29, 0.717) is 45.9 Å². The van der Waals surface area contributed by atoms with Crippen LogP contribution in [0.25, 0.3) is 0 Å². The highest BCUT2D eigenvalue weighted by atomic mass is 35.5. The molecule has 28 heavy (non-hydrogen) atoms. The zero-order valence-electron chi connectivity index (χ0n) is 15.4. The van der Waals surface area contributed by atoms with Gasteiger partial charge in [-0.1, -0.05) is 23.2 Å². The molecule has 9 heteroatoms. The number of benzene rings is 2. The van der Waals surface area contributed by atoms with Crippen molar-refractivity contribution >= 4 is 35.0 Å². The Morgan fingerprint density at radius 1 is 0.929 bits per heavy atom. The average Bonchev–Trinajstić information content (AvgIpc) is 2.70. The quantitative estimate of drug-likeness (QED) is 0.497. The molecule has 0 aromatic heterocycles. The summed E-state index contributed by atoms with van der Waals surface area (Å²) in [6.45, 7) is 0.290. The molecule has 0 aliphatic heterocycles. The highest BCUT2D eigenvalue weighted by molar-refractivity contribution is 6.35. The molecule has 2 amide bonds. The maximum Gasteiger partial charge on any atom is 0.269 e. The van der Waals surface area contributed by atoms with Crippen LogP contribution in [0.3, 0.4) is 0 Å². The van der Waals surface area contributed by atoms with Crippen LogP contribution >= 0.6 is 23.2 Å². The van der Waals surface area contributed by atoms with E-state index in [1.54, 1.807) is 30.3 Å². The van der Waals surface area contributed by atoms with Gasteiger partial charge in [-0.05, 0) is 42.8 Å². The van der Waals surface area contributed by atoms with Crippen LogP contribution in [0.1, 0.15) is 23.2 Å². The molecule has 7 nitrogen and oxygen atoms in total. The Hall–Kier alpha value is -2.64. The molecule has 0 saturated heterocycles. The summed E-state index contributed by atoms with van der Waals surface area (Å²) in [5.41, 5.74) is 5.02. The molecule has 0 atom stereocenters. The fraction of sp³-hybridized carbons (Fsp3) is 0.263. The molecule has 0 fully saturated rings. The summed E-state index contributed by atoms with van der Waals surface area (Å²) in [4.78, 5) is 24.0. The largest absolute Gasteiger partial charge is 0.493 e. The topological polar surface area (TPSA) is 85.9 Å². The van der Waals surface area contributed by atoms with Crippen molar-refractivity contribution in [2.75, 3.05) is 20.8 Å². The van der Waals surface area contributed by atoms with E-state index >= 15 is 0 Å². The van der Waals surface area contributed by atoms with Crippen molar-refractivity contribution < 1.29 is 23.8 Å². The third kappa shape index (κ3) is 6.21. The predicted octanol–water partition coefficient (Wildman–Crippen LogP) is 3.63. The van der Waals surface area contributed by atoms with Crippen molar-refractivity contribution in [3.8, 4) is 17.2 Å². The number of carbonyl (C=O) groups is 2. The zero-order valence-corrected chi connectivity index (χ0v) is 16.9. The number of methoxy groups -OCH3 is 2. The first kappa shape index (κ1) is 21.7. The van der Waals surface area contributed by atoms with Crippen molar-refractivity contribution in [1.29, 1.82) is 0 Å². The molecular formula is C19H20Cl2N2O5. The first-order valence-corrected chi connectivity index (χ1v) is 9.09. The normalized spacial score (nSPS) is 10.1. The van der Waals surface area contributed by atoms with Gasteiger partial charge in [0.25, 0.3) is 5.91 Å². The lowest BCUT2D eigenvalue weighted by Gasteiger charge is -2.11. The molecule has 0 spiro atoms. The maximum absolute atomic E-state index is 12.1. The number of ether oxygens (including phenoxy) is 3. The van der Waals surface area contributed by atoms with Crippen LogP contribution < -0.4 is 25.1 Å². The van der Waals surface area contributed by atoms with Crippen LogP contribution in [0, 0.1) is 0 Å². The molecular weight excluding hydrogens is 407 g/mol. The standard InChI is InChI=1S/C19H20Cl2N2O5/c1-26-16-7-5-12(10-17(16)27-2)19(25)23-22-18(24)4-3-9-28-15-8-6-13(20)11-14(15)21/h5-8,10-11H,3-4,9H2,1-2H3,(H,22,24)(H,23,25). The van der Waals surface area contributed by atoms with E-state index in [0.717, 1.165) is 0 Å². The van der Waals surface area contributed by atoms with Gasteiger partial charge in [0.1, 0.15) is 5.75 Å². The summed E-state index contributed by atoms with van der Waals surface area (Å²) in [6.07, 6.45) is 0.606. The van der Waals surface area contributed by atoms with E-state index < -0.39 is 5.91 Å². The van der Waals surface area contributed by atoms with Crippen LogP contribution in [0.4, 0.5) is 0 Å². The molecule has 2 N–H and O–H groups in total. The van der Waals surface area contributed by atoms with Crippen LogP contribution in [0.5, 0.6) is 17.2 Å². The molecule has 0 aliphatic rings. The van der Waals surface area contributed by atoms with Crippen LogP contribution in [0.2, 0.25) is 10.0 Å². The lowest BCUT2D eigenvalue weighted by Crippen LogP contribution is -2.41. The highest BCUT2D eigenvalue weighted by Gasteiger charge is 2.11. The van der Waals surface area contributed by atoms with Gasteiger partial charge in [-0.2, -0.15) is 0 Å². The number of amides is 2. The minimum atomic E-state index is -0.474. The maximum atomic E-state index is 12.1. The molecule has 0 bridgehead atoms. The molecule has 0 radical (unpaired) electrons. The van der Waals surface area contributed by atoms with Gasteiger partial charge in [0.2, 0.25) is 5.91 Å². The third-order valence-electron chi connectivity index (χ3n) is 3.66. The fourth-order valence-electron chi connectivity index (χ4n) is 2.25. The Kier molecular flexibility index (Phi) is 8.22. The van der Waals surface area contributed by atoms with Crippen molar-refractivity contribution in [3.05, 3.63) is 52.0 Å². The Labute approximate surface area is 172 Å². The van der Waals surface area contributed by atoms with Gasteiger partial charge in [0.05, 0.1) is 25.8 Å². The summed E-state index contributed by atoms with van der Waals surface area (Å²) in [7, 11) is 2.98. The van der Waals surface area contributed by atoms with Gasteiger partial charge in [-0.15, -0.1) is 0 Å². The van der Waals surface area contributed by atoms with E-state index in [-0.39, 0.29) is 12.3 Å². The monoisotopic (exact) mass is 426 g/mol. The van der Waals surface area contributed by atoms with Crippen LogP contribution in [-0.2, 0) is 4.79 Å². The second kappa shape index (κ2) is 10.6. The van der Waals surface area contributed by atoms with Crippen molar-refractivity contribution in [2.24, 2.45) is 0 Å². The Bertz CT molecular complexity index is 845. The van der Waals surface area contributed by atoms with E-state index in [1.807, 2.05) is 0 Å².